The zero-order valence-corrected chi connectivity index (χ0v) is 29.0. The van der Waals surface area contributed by atoms with E-state index in [-0.39, 0.29) is 17.4 Å². The molecule has 43 heavy (non-hydrogen) atoms. The number of hydrogen-bond acceptors (Lipinski definition) is 3. The Morgan fingerprint density at radius 2 is 1.58 bits per heavy atom. The Balaban J connectivity index is 0.000000942. The van der Waals surface area contributed by atoms with E-state index in [1.165, 1.54) is 29.0 Å². The Morgan fingerprint density at radius 3 is 2.05 bits per heavy atom. The molecule has 0 aromatic rings. The van der Waals surface area contributed by atoms with Crippen LogP contribution in [0.5, 0.6) is 0 Å². The molecule has 1 amide bonds. The highest BCUT2D eigenvalue weighted by Crippen LogP contribution is 2.28. The van der Waals surface area contributed by atoms with Gasteiger partial charge in [0, 0.05) is 54.3 Å². The largest absolute Gasteiger partial charge is 0.416 e. The van der Waals surface area contributed by atoms with Crippen molar-refractivity contribution in [1.29, 1.82) is 0 Å². The van der Waals surface area contributed by atoms with Crippen molar-refractivity contribution in [3.8, 4) is 0 Å². The highest BCUT2D eigenvalue weighted by Gasteiger charge is 2.34. The summed E-state index contributed by atoms with van der Waals surface area (Å²) in [4.78, 5) is 21.8. The third-order valence-corrected chi connectivity index (χ3v) is 7.19. The van der Waals surface area contributed by atoms with E-state index in [1.807, 2.05) is 45.7 Å². The molecule has 1 atom stereocenters. The summed E-state index contributed by atoms with van der Waals surface area (Å²) in [5, 5.41) is 0. The minimum Gasteiger partial charge on any atom is -0.371 e. The SMILES string of the molecule is CC/C=C/C=C(\C=C(/C)CCC)C(F)(F)F.C\C=C(C)/C(C(/C)=N/C=C/CC)=C(/C)N1CCN(C(=O)C(C)(C)C)C(C)C1. The van der Waals surface area contributed by atoms with Gasteiger partial charge in [-0.25, -0.2) is 0 Å². The van der Waals surface area contributed by atoms with Gasteiger partial charge in [-0.05, 0) is 66.4 Å². The summed E-state index contributed by atoms with van der Waals surface area (Å²) >= 11 is 0. The Bertz CT molecular complexity index is 1100. The van der Waals surface area contributed by atoms with Gasteiger partial charge in [0.2, 0.25) is 5.91 Å². The minimum atomic E-state index is -4.27. The molecule has 1 saturated heterocycles. The zero-order valence-electron chi connectivity index (χ0n) is 29.0. The molecule has 1 aliphatic heterocycles. The predicted octanol–water partition coefficient (Wildman–Crippen LogP) is 10.4. The summed E-state index contributed by atoms with van der Waals surface area (Å²) in [7, 11) is 0. The van der Waals surface area contributed by atoms with Crippen LogP contribution in [-0.2, 0) is 4.79 Å². The number of carbonyl (C=O) groups excluding carboxylic acids is 1. The van der Waals surface area contributed by atoms with E-state index in [1.54, 1.807) is 13.0 Å². The molecule has 0 saturated carbocycles. The second kappa shape index (κ2) is 19.4. The van der Waals surface area contributed by atoms with Crippen molar-refractivity contribution in [3.63, 3.8) is 0 Å². The summed E-state index contributed by atoms with van der Waals surface area (Å²) in [5.41, 5.74) is 4.57. The molecular formula is C36H58F3N3O. The van der Waals surface area contributed by atoms with Crippen molar-refractivity contribution in [3.05, 3.63) is 70.6 Å². The maximum absolute atomic E-state index is 12.7. The van der Waals surface area contributed by atoms with E-state index in [0.717, 1.165) is 56.3 Å². The number of rotatable bonds is 10. The Hall–Kier alpha value is -2.83. The first kappa shape index (κ1) is 40.2. The maximum atomic E-state index is 12.7. The van der Waals surface area contributed by atoms with Crippen LogP contribution in [0.25, 0.3) is 0 Å². The van der Waals surface area contributed by atoms with Gasteiger partial charge in [-0.1, -0.05) is 90.0 Å². The third-order valence-electron chi connectivity index (χ3n) is 7.19. The number of hydrogen-bond donors (Lipinski definition) is 0. The van der Waals surface area contributed by atoms with E-state index in [9.17, 15) is 18.0 Å². The van der Waals surface area contributed by atoms with Gasteiger partial charge >= 0.3 is 6.18 Å². The molecule has 1 aliphatic rings. The summed E-state index contributed by atoms with van der Waals surface area (Å²) < 4.78 is 37.8. The van der Waals surface area contributed by atoms with Crippen LogP contribution in [0, 0.1) is 5.41 Å². The number of nitrogens with zero attached hydrogens (tertiary/aromatic N) is 3. The number of alkyl halides is 3. The molecule has 0 aromatic carbocycles. The number of allylic oxidation sites excluding steroid dienone is 11. The average Bonchev–Trinajstić information content (AvgIpc) is 2.91. The summed E-state index contributed by atoms with van der Waals surface area (Å²) in [5.74, 6) is 0.239. The summed E-state index contributed by atoms with van der Waals surface area (Å²) in [6, 6.07) is 0.199. The van der Waals surface area contributed by atoms with Crippen molar-refractivity contribution in [1.82, 2.24) is 9.80 Å². The quantitative estimate of drug-likeness (QED) is 0.183. The highest BCUT2D eigenvalue weighted by molar-refractivity contribution is 6.02. The first-order valence-electron chi connectivity index (χ1n) is 15.7. The second-order valence-corrected chi connectivity index (χ2v) is 12.2. The van der Waals surface area contributed by atoms with Gasteiger partial charge in [-0.3, -0.25) is 9.79 Å². The van der Waals surface area contributed by atoms with E-state index < -0.39 is 11.7 Å². The van der Waals surface area contributed by atoms with Gasteiger partial charge in [0.1, 0.15) is 0 Å². The molecule has 0 N–H and O–H groups in total. The summed E-state index contributed by atoms with van der Waals surface area (Å²) in [6.07, 6.45) is 10.6. The van der Waals surface area contributed by atoms with Crippen molar-refractivity contribution in [2.75, 3.05) is 19.6 Å². The molecule has 0 aromatic heterocycles. The van der Waals surface area contributed by atoms with Crippen LogP contribution in [0.4, 0.5) is 13.2 Å². The topological polar surface area (TPSA) is 35.9 Å². The molecule has 7 heteroatoms. The molecule has 0 bridgehead atoms. The van der Waals surface area contributed by atoms with Gasteiger partial charge in [0.15, 0.2) is 0 Å². The smallest absolute Gasteiger partial charge is 0.371 e. The lowest BCUT2D eigenvalue weighted by atomic mass is 9.93. The predicted molar refractivity (Wildman–Crippen MR) is 179 cm³/mol. The number of piperazine rings is 1. The van der Waals surface area contributed by atoms with Crippen molar-refractivity contribution < 1.29 is 18.0 Å². The van der Waals surface area contributed by atoms with Crippen LogP contribution < -0.4 is 0 Å². The third kappa shape index (κ3) is 14.5. The van der Waals surface area contributed by atoms with E-state index in [0.29, 0.717) is 6.42 Å². The van der Waals surface area contributed by atoms with Gasteiger partial charge in [-0.2, -0.15) is 13.2 Å². The number of halogens is 3. The molecule has 0 aliphatic carbocycles. The zero-order chi connectivity index (χ0) is 33.4. The lowest BCUT2D eigenvalue weighted by molar-refractivity contribution is -0.143. The Kier molecular flexibility index (Phi) is 18.2. The standard InChI is InChI=1S/C23H39N3O.C13H19F3/c1-10-12-13-24-19(5)21(17(3)11-2)20(6)25-14-15-26(18(4)16-25)22(27)23(7,8)9;1-4-6-7-9-12(13(14,15)16)10-11(3)8-5-2/h11-13,18H,10,14-16H2,1-9H3;6-7,9-10H,4-5,8H2,1-3H3/b13-12+,17-11-,21-20+,24-19+;7-6+,11-10+,12-9+. The van der Waals surface area contributed by atoms with Crippen LogP contribution in [0.2, 0.25) is 0 Å². The van der Waals surface area contributed by atoms with Crippen molar-refractivity contribution >= 4 is 11.6 Å². The number of carbonyl (C=O) groups is 1. The van der Waals surface area contributed by atoms with Crippen molar-refractivity contribution in [2.45, 2.75) is 121 Å². The molecule has 0 spiro atoms. The second-order valence-electron chi connectivity index (χ2n) is 12.2. The fourth-order valence-corrected chi connectivity index (χ4v) is 4.73. The monoisotopic (exact) mass is 605 g/mol. The van der Waals surface area contributed by atoms with Crippen LogP contribution in [0.3, 0.4) is 0 Å². The molecule has 1 fully saturated rings. The summed E-state index contributed by atoms with van der Waals surface area (Å²) in [6.45, 7) is 26.8. The van der Waals surface area contributed by atoms with Crippen LogP contribution >= 0.6 is 0 Å². The Labute approximate surface area is 260 Å². The fourth-order valence-electron chi connectivity index (χ4n) is 4.73. The number of aliphatic imine (C=N–C) groups is 1. The molecule has 1 rings (SSSR count). The van der Waals surface area contributed by atoms with Crippen LogP contribution in [0.1, 0.15) is 109 Å². The van der Waals surface area contributed by atoms with Crippen LogP contribution in [0.15, 0.2) is 75.6 Å². The first-order valence-corrected chi connectivity index (χ1v) is 15.7. The molecule has 0 radical (unpaired) electrons. The Morgan fingerprint density at radius 1 is 0.977 bits per heavy atom. The maximum Gasteiger partial charge on any atom is 0.416 e. The molecule has 4 nitrogen and oxygen atoms in total. The van der Waals surface area contributed by atoms with Crippen LogP contribution in [-0.4, -0.2) is 53.3 Å². The van der Waals surface area contributed by atoms with E-state index in [4.69, 9.17) is 0 Å². The fraction of sp³-hybridized carbons (Fsp3) is 0.611. The average molecular weight is 606 g/mol. The van der Waals surface area contributed by atoms with E-state index >= 15 is 0 Å². The van der Waals surface area contributed by atoms with Gasteiger partial charge in [0.05, 0.1) is 5.57 Å². The van der Waals surface area contributed by atoms with Crippen molar-refractivity contribution in [2.24, 2.45) is 10.4 Å². The molecule has 1 heterocycles. The van der Waals surface area contributed by atoms with Gasteiger partial charge < -0.3 is 9.80 Å². The molecular weight excluding hydrogens is 547 g/mol. The lowest BCUT2D eigenvalue weighted by Crippen LogP contribution is -2.56. The molecule has 1 unspecified atom stereocenters. The first-order chi connectivity index (χ1) is 20.0. The minimum absolute atomic E-state index is 0.199. The molecule has 244 valence electrons. The normalized spacial score (nSPS) is 18.7. The van der Waals surface area contributed by atoms with Gasteiger partial charge in [0.25, 0.3) is 0 Å². The highest BCUT2D eigenvalue weighted by atomic mass is 19.4. The lowest BCUT2D eigenvalue weighted by Gasteiger charge is -2.44. The van der Waals surface area contributed by atoms with Gasteiger partial charge in [-0.15, -0.1) is 0 Å². The number of amides is 1. The van der Waals surface area contributed by atoms with E-state index in [2.05, 4.69) is 63.6 Å².